The number of rotatable bonds is 5. The summed E-state index contributed by atoms with van der Waals surface area (Å²) in [7, 11) is 0. The van der Waals surface area contributed by atoms with E-state index in [1.165, 1.54) is 18.4 Å². The molecule has 1 fully saturated rings. The molecule has 1 aliphatic rings. The van der Waals surface area contributed by atoms with E-state index < -0.39 is 0 Å². The summed E-state index contributed by atoms with van der Waals surface area (Å²) in [6.07, 6.45) is 4.33. The van der Waals surface area contributed by atoms with Gasteiger partial charge in [0, 0.05) is 6.04 Å². The van der Waals surface area contributed by atoms with Gasteiger partial charge in [0.05, 0.1) is 28.0 Å². The highest BCUT2D eigenvalue weighted by Crippen LogP contribution is 2.44. The highest BCUT2D eigenvalue weighted by molar-refractivity contribution is 7.99. The van der Waals surface area contributed by atoms with Gasteiger partial charge in [-0.05, 0) is 37.5 Å². The predicted molar refractivity (Wildman–Crippen MR) is 113 cm³/mol. The first kappa shape index (κ1) is 17.3. The Morgan fingerprint density at radius 2 is 1.86 bits per heavy atom. The molecule has 1 saturated carbocycles. The second kappa shape index (κ2) is 6.95. The van der Waals surface area contributed by atoms with Gasteiger partial charge in [-0.15, -0.1) is 0 Å². The van der Waals surface area contributed by atoms with Gasteiger partial charge >= 0.3 is 0 Å². The highest BCUT2D eigenvalue weighted by atomic mass is 32.2. The molecular formula is C22H20N4OS. The first-order valence-corrected chi connectivity index (χ1v) is 10.4. The SMILES string of the molecule is C[C@@H](Sc1ncc(-c2ccccc2)n1C1CC1)c1nc2ccccc2c(=O)[nH]1. The summed E-state index contributed by atoms with van der Waals surface area (Å²) in [6.45, 7) is 2.06. The molecule has 28 heavy (non-hydrogen) atoms. The topological polar surface area (TPSA) is 63.6 Å². The first-order chi connectivity index (χ1) is 13.7. The van der Waals surface area contributed by atoms with Gasteiger partial charge in [-0.2, -0.15) is 0 Å². The normalized spacial score (nSPS) is 15.0. The van der Waals surface area contributed by atoms with E-state index >= 15 is 0 Å². The van der Waals surface area contributed by atoms with Crippen LogP contribution in [0.3, 0.4) is 0 Å². The number of nitrogens with one attached hydrogen (secondary N) is 1. The molecule has 0 aliphatic heterocycles. The van der Waals surface area contributed by atoms with E-state index in [4.69, 9.17) is 4.98 Å². The smallest absolute Gasteiger partial charge is 0.258 e. The van der Waals surface area contributed by atoms with Gasteiger partial charge in [-0.25, -0.2) is 9.97 Å². The molecule has 2 aromatic carbocycles. The Labute approximate surface area is 166 Å². The second-order valence-corrected chi connectivity index (χ2v) is 8.43. The van der Waals surface area contributed by atoms with Crippen molar-refractivity contribution in [1.82, 2.24) is 19.5 Å². The Morgan fingerprint density at radius 3 is 2.64 bits per heavy atom. The van der Waals surface area contributed by atoms with Crippen LogP contribution in [0.2, 0.25) is 0 Å². The van der Waals surface area contributed by atoms with Crippen LogP contribution in [-0.4, -0.2) is 19.5 Å². The zero-order valence-corrected chi connectivity index (χ0v) is 16.3. The van der Waals surface area contributed by atoms with Crippen LogP contribution >= 0.6 is 11.8 Å². The number of thioether (sulfide) groups is 1. The minimum absolute atomic E-state index is 0.0131. The first-order valence-electron chi connectivity index (χ1n) is 9.49. The Bertz CT molecular complexity index is 1190. The molecule has 0 bridgehead atoms. The Hall–Kier alpha value is -2.86. The third-order valence-corrected chi connectivity index (χ3v) is 6.13. The fraction of sp³-hybridized carbons (Fsp3) is 0.227. The summed E-state index contributed by atoms with van der Waals surface area (Å²) in [5.41, 5.74) is 2.96. The fourth-order valence-electron chi connectivity index (χ4n) is 3.45. The van der Waals surface area contributed by atoms with E-state index in [-0.39, 0.29) is 10.8 Å². The van der Waals surface area contributed by atoms with Gasteiger partial charge in [0.25, 0.3) is 5.56 Å². The maximum absolute atomic E-state index is 12.4. The number of hydrogen-bond acceptors (Lipinski definition) is 4. The van der Waals surface area contributed by atoms with E-state index in [1.54, 1.807) is 17.8 Å². The summed E-state index contributed by atoms with van der Waals surface area (Å²) < 4.78 is 2.34. The van der Waals surface area contributed by atoms with Crippen molar-refractivity contribution in [3.8, 4) is 11.3 Å². The number of aromatic amines is 1. The molecule has 0 saturated heterocycles. The Kier molecular flexibility index (Phi) is 4.28. The minimum Gasteiger partial charge on any atom is -0.316 e. The van der Waals surface area contributed by atoms with E-state index in [9.17, 15) is 4.79 Å². The van der Waals surface area contributed by atoms with Crippen LogP contribution in [0.15, 0.2) is 70.7 Å². The van der Waals surface area contributed by atoms with Crippen LogP contribution in [0.1, 0.15) is 36.9 Å². The summed E-state index contributed by atoms with van der Waals surface area (Å²) in [5, 5.41) is 1.58. The average Bonchev–Trinajstić information content (AvgIpc) is 3.48. The van der Waals surface area contributed by atoms with Gasteiger partial charge in [-0.3, -0.25) is 4.79 Å². The van der Waals surface area contributed by atoms with Gasteiger partial charge in [0.1, 0.15) is 5.82 Å². The number of fused-ring (bicyclic) bond motifs is 1. The zero-order valence-electron chi connectivity index (χ0n) is 15.5. The lowest BCUT2D eigenvalue weighted by atomic mass is 10.2. The van der Waals surface area contributed by atoms with E-state index in [0.717, 1.165) is 16.4 Å². The van der Waals surface area contributed by atoms with Crippen molar-refractivity contribution < 1.29 is 0 Å². The maximum Gasteiger partial charge on any atom is 0.258 e. The van der Waals surface area contributed by atoms with Crippen LogP contribution in [0, 0.1) is 0 Å². The van der Waals surface area contributed by atoms with Crippen molar-refractivity contribution in [3.63, 3.8) is 0 Å². The van der Waals surface area contributed by atoms with Crippen molar-refractivity contribution in [1.29, 1.82) is 0 Å². The molecule has 1 aliphatic carbocycles. The number of nitrogens with zero attached hydrogens (tertiary/aromatic N) is 3. The molecule has 0 unspecified atom stereocenters. The molecule has 4 aromatic rings. The Balaban J connectivity index is 1.50. The van der Waals surface area contributed by atoms with Gasteiger partial charge in [0.2, 0.25) is 0 Å². The van der Waals surface area contributed by atoms with Crippen LogP contribution < -0.4 is 5.56 Å². The lowest BCUT2D eigenvalue weighted by Crippen LogP contribution is -2.13. The number of benzene rings is 2. The molecule has 0 radical (unpaired) electrons. The van der Waals surface area contributed by atoms with Crippen LogP contribution in [0.4, 0.5) is 0 Å². The highest BCUT2D eigenvalue weighted by Gasteiger charge is 2.30. The molecule has 6 heteroatoms. The van der Waals surface area contributed by atoms with Crippen molar-refractivity contribution in [2.24, 2.45) is 0 Å². The molecule has 2 aromatic heterocycles. The number of para-hydroxylation sites is 1. The van der Waals surface area contributed by atoms with E-state index in [0.29, 0.717) is 17.3 Å². The molecule has 1 N–H and O–H groups in total. The number of aromatic nitrogens is 4. The van der Waals surface area contributed by atoms with Crippen molar-refractivity contribution in [2.45, 2.75) is 36.2 Å². The molecule has 140 valence electrons. The molecule has 1 atom stereocenters. The fourth-order valence-corrected chi connectivity index (χ4v) is 4.46. The standard InChI is InChI=1S/C22H20N4OS/c1-14(20-24-18-10-6-5-9-17(18)21(27)25-20)28-22-23-13-19(26(22)16-11-12-16)15-7-3-2-4-8-15/h2-10,13-14,16H,11-12H2,1H3,(H,24,25,27)/t14-/m1/s1. The quantitative estimate of drug-likeness (QED) is 0.490. The number of hydrogen-bond donors (Lipinski definition) is 1. The van der Waals surface area contributed by atoms with Crippen molar-refractivity contribution >= 4 is 22.7 Å². The zero-order chi connectivity index (χ0) is 19.1. The van der Waals surface area contributed by atoms with Crippen LogP contribution in [0.25, 0.3) is 22.2 Å². The molecular weight excluding hydrogens is 368 g/mol. The number of imidazole rings is 1. The largest absolute Gasteiger partial charge is 0.316 e. The molecule has 2 heterocycles. The second-order valence-electron chi connectivity index (χ2n) is 7.12. The maximum atomic E-state index is 12.4. The minimum atomic E-state index is -0.0939. The lowest BCUT2D eigenvalue weighted by molar-refractivity contribution is 0.667. The van der Waals surface area contributed by atoms with Crippen LogP contribution in [-0.2, 0) is 0 Å². The van der Waals surface area contributed by atoms with E-state index in [2.05, 4.69) is 45.7 Å². The van der Waals surface area contributed by atoms with Gasteiger partial charge < -0.3 is 9.55 Å². The number of H-pyrrole nitrogens is 1. The van der Waals surface area contributed by atoms with Gasteiger partial charge in [-0.1, -0.05) is 54.2 Å². The van der Waals surface area contributed by atoms with Gasteiger partial charge in [0.15, 0.2) is 5.16 Å². The van der Waals surface area contributed by atoms with E-state index in [1.807, 2.05) is 30.5 Å². The predicted octanol–water partition coefficient (Wildman–Crippen LogP) is 4.97. The van der Waals surface area contributed by atoms with Crippen molar-refractivity contribution in [2.75, 3.05) is 0 Å². The average molecular weight is 388 g/mol. The third-order valence-electron chi connectivity index (χ3n) is 5.04. The molecule has 5 rings (SSSR count). The van der Waals surface area contributed by atoms with Crippen LogP contribution in [0.5, 0.6) is 0 Å². The summed E-state index contributed by atoms with van der Waals surface area (Å²) >= 11 is 1.64. The lowest BCUT2D eigenvalue weighted by Gasteiger charge is -2.14. The Morgan fingerprint density at radius 1 is 1.11 bits per heavy atom. The monoisotopic (exact) mass is 388 g/mol. The summed E-state index contributed by atoms with van der Waals surface area (Å²) in [5.74, 6) is 0.681. The summed E-state index contributed by atoms with van der Waals surface area (Å²) in [4.78, 5) is 24.7. The third kappa shape index (κ3) is 3.14. The summed E-state index contributed by atoms with van der Waals surface area (Å²) in [6, 6.07) is 18.3. The molecule has 0 amide bonds. The van der Waals surface area contributed by atoms with Crippen molar-refractivity contribution in [3.05, 3.63) is 77.0 Å². The molecule has 0 spiro atoms. The molecule has 5 nitrogen and oxygen atoms in total.